The Morgan fingerprint density at radius 3 is 1.88 bits per heavy atom. The van der Waals surface area contributed by atoms with Crippen molar-refractivity contribution in [3.05, 3.63) is 71.0 Å². The minimum atomic E-state index is -0.704. The van der Waals surface area contributed by atoms with Gasteiger partial charge in [-0.3, -0.25) is 9.69 Å². The summed E-state index contributed by atoms with van der Waals surface area (Å²) in [5.74, 6) is -0.737. The zero-order chi connectivity index (χ0) is 18.7. The molecule has 1 fully saturated rings. The van der Waals surface area contributed by atoms with Gasteiger partial charge < -0.3 is 5.11 Å². The number of carboxylic acid groups (broad SMARTS) is 1. The second kappa shape index (κ2) is 8.00. The molecule has 0 radical (unpaired) electrons. The van der Waals surface area contributed by atoms with Crippen LogP contribution in [0.5, 0.6) is 0 Å². The Balaban J connectivity index is 1.89. The van der Waals surface area contributed by atoms with Crippen LogP contribution in [0.15, 0.2) is 48.5 Å². The number of piperidine rings is 1. The van der Waals surface area contributed by atoms with Crippen molar-refractivity contribution in [2.75, 3.05) is 13.1 Å². The van der Waals surface area contributed by atoms with Gasteiger partial charge in [-0.05, 0) is 60.7 Å². The lowest BCUT2D eigenvalue weighted by Gasteiger charge is -2.37. The molecule has 0 aliphatic carbocycles. The summed E-state index contributed by atoms with van der Waals surface area (Å²) in [5.41, 5.74) is 3.49. The summed E-state index contributed by atoms with van der Waals surface area (Å²) in [6, 6.07) is 15.3. The first-order valence-electron chi connectivity index (χ1n) is 9.28. The standard InChI is InChI=1S/C22H26FNO2/c1-15(2)16-3-5-17(6-4-16)21(18-7-9-20(23)10-8-18)24-13-11-19(12-14-24)22(25)26/h3-10,15,19,21H,11-14H2,1-2H3,(H,25,26). The number of aliphatic carboxylic acids is 1. The molecule has 1 atom stereocenters. The van der Waals surface area contributed by atoms with Crippen molar-refractivity contribution >= 4 is 5.97 Å². The van der Waals surface area contributed by atoms with Crippen LogP contribution >= 0.6 is 0 Å². The van der Waals surface area contributed by atoms with Crippen LogP contribution in [0.2, 0.25) is 0 Å². The number of nitrogens with zero attached hydrogens (tertiary/aromatic N) is 1. The molecule has 26 heavy (non-hydrogen) atoms. The average molecular weight is 355 g/mol. The van der Waals surface area contributed by atoms with E-state index in [1.807, 2.05) is 12.1 Å². The number of carboxylic acids is 1. The van der Waals surface area contributed by atoms with E-state index in [0.29, 0.717) is 18.8 Å². The Morgan fingerprint density at radius 1 is 0.962 bits per heavy atom. The molecule has 1 saturated heterocycles. The fourth-order valence-electron chi connectivity index (χ4n) is 3.73. The maximum atomic E-state index is 13.4. The highest BCUT2D eigenvalue weighted by atomic mass is 19.1. The van der Waals surface area contributed by atoms with Crippen molar-refractivity contribution in [3.8, 4) is 0 Å². The molecule has 1 unspecified atom stereocenters. The van der Waals surface area contributed by atoms with Gasteiger partial charge in [0.25, 0.3) is 0 Å². The summed E-state index contributed by atoms with van der Waals surface area (Å²) in [6.07, 6.45) is 1.30. The first-order valence-corrected chi connectivity index (χ1v) is 9.28. The third-order valence-electron chi connectivity index (χ3n) is 5.35. The Hall–Kier alpha value is -2.20. The minimum absolute atomic E-state index is 0.0200. The van der Waals surface area contributed by atoms with Gasteiger partial charge in [0.05, 0.1) is 12.0 Å². The average Bonchev–Trinajstić information content (AvgIpc) is 2.64. The smallest absolute Gasteiger partial charge is 0.306 e. The van der Waals surface area contributed by atoms with Crippen LogP contribution < -0.4 is 0 Å². The van der Waals surface area contributed by atoms with Crippen LogP contribution in [0.25, 0.3) is 0 Å². The molecule has 4 heteroatoms. The Bertz CT molecular complexity index is 732. The van der Waals surface area contributed by atoms with Crippen molar-refractivity contribution in [3.63, 3.8) is 0 Å². The van der Waals surface area contributed by atoms with E-state index in [4.69, 9.17) is 0 Å². The van der Waals surface area contributed by atoms with E-state index < -0.39 is 5.97 Å². The summed E-state index contributed by atoms with van der Waals surface area (Å²) in [7, 11) is 0. The molecule has 1 aliphatic heterocycles. The van der Waals surface area contributed by atoms with Crippen LogP contribution in [0, 0.1) is 11.7 Å². The summed E-state index contributed by atoms with van der Waals surface area (Å²) in [5, 5.41) is 9.25. The van der Waals surface area contributed by atoms with Gasteiger partial charge in [-0.1, -0.05) is 50.2 Å². The van der Waals surface area contributed by atoms with Crippen LogP contribution in [-0.2, 0) is 4.79 Å². The van der Waals surface area contributed by atoms with Crippen LogP contribution in [0.4, 0.5) is 4.39 Å². The molecule has 2 aromatic rings. The van der Waals surface area contributed by atoms with Crippen LogP contribution in [-0.4, -0.2) is 29.1 Å². The fourth-order valence-corrected chi connectivity index (χ4v) is 3.73. The zero-order valence-corrected chi connectivity index (χ0v) is 15.4. The van der Waals surface area contributed by atoms with E-state index >= 15 is 0 Å². The lowest BCUT2D eigenvalue weighted by Crippen LogP contribution is -2.39. The number of rotatable bonds is 5. The second-order valence-corrected chi connectivity index (χ2v) is 7.42. The van der Waals surface area contributed by atoms with E-state index in [2.05, 4.69) is 43.0 Å². The van der Waals surface area contributed by atoms with Crippen molar-refractivity contribution in [2.45, 2.75) is 38.6 Å². The lowest BCUT2D eigenvalue weighted by molar-refractivity contribution is -0.143. The van der Waals surface area contributed by atoms with E-state index in [1.165, 1.54) is 17.7 Å². The predicted octanol–water partition coefficient (Wildman–Crippen LogP) is 4.84. The Labute approximate surface area is 154 Å². The summed E-state index contributed by atoms with van der Waals surface area (Å²) < 4.78 is 13.4. The van der Waals surface area contributed by atoms with Gasteiger partial charge in [0.1, 0.15) is 5.82 Å². The third kappa shape index (κ3) is 4.13. The van der Waals surface area contributed by atoms with E-state index in [1.54, 1.807) is 0 Å². The molecule has 3 nitrogen and oxygen atoms in total. The molecule has 138 valence electrons. The van der Waals surface area contributed by atoms with Crippen molar-refractivity contribution in [1.82, 2.24) is 4.90 Å². The fraction of sp³-hybridized carbons (Fsp3) is 0.409. The van der Waals surface area contributed by atoms with E-state index in [0.717, 1.165) is 24.2 Å². The topological polar surface area (TPSA) is 40.5 Å². The monoisotopic (exact) mass is 355 g/mol. The molecule has 1 aliphatic rings. The molecule has 1 heterocycles. The van der Waals surface area contributed by atoms with Crippen LogP contribution in [0.1, 0.15) is 55.3 Å². The Morgan fingerprint density at radius 2 is 1.42 bits per heavy atom. The highest BCUT2D eigenvalue weighted by Crippen LogP contribution is 2.33. The lowest BCUT2D eigenvalue weighted by atomic mass is 9.90. The highest BCUT2D eigenvalue weighted by molar-refractivity contribution is 5.70. The largest absolute Gasteiger partial charge is 0.481 e. The summed E-state index contributed by atoms with van der Waals surface area (Å²) >= 11 is 0. The molecule has 0 saturated carbocycles. The number of hydrogen-bond acceptors (Lipinski definition) is 2. The predicted molar refractivity (Wildman–Crippen MR) is 101 cm³/mol. The second-order valence-electron chi connectivity index (χ2n) is 7.42. The number of hydrogen-bond donors (Lipinski definition) is 1. The number of benzene rings is 2. The molecular formula is C22H26FNO2. The highest BCUT2D eigenvalue weighted by Gasteiger charge is 2.30. The van der Waals surface area contributed by atoms with Gasteiger partial charge in [0.2, 0.25) is 0 Å². The van der Waals surface area contributed by atoms with Crippen molar-refractivity contribution in [2.24, 2.45) is 5.92 Å². The minimum Gasteiger partial charge on any atom is -0.481 e. The maximum absolute atomic E-state index is 13.4. The van der Waals surface area contributed by atoms with Crippen LogP contribution in [0.3, 0.4) is 0 Å². The molecule has 2 aromatic carbocycles. The molecule has 0 bridgehead atoms. The van der Waals surface area contributed by atoms with Gasteiger partial charge in [-0.2, -0.15) is 0 Å². The van der Waals surface area contributed by atoms with Gasteiger partial charge in [0, 0.05) is 0 Å². The third-order valence-corrected chi connectivity index (χ3v) is 5.35. The van der Waals surface area contributed by atoms with Crippen molar-refractivity contribution in [1.29, 1.82) is 0 Å². The Kier molecular flexibility index (Phi) is 5.72. The molecule has 0 spiro atoms. The van der Waals surface area contributed by atoms with E-state index in [-0.39, 0.29) is 17.8 Å². The SMILES string of the molecule is CC(C)c1ccc(C(c2ccc(F)cc2)N2CCC(C(=O)O)CC2)cc1. The number of likely N-dealkylation sites (tertiary alicyclic amines) is 1. The number of carbonyl (C=O) groups is 1. The molecule has 3 rings (SSSR count). The van der Waals surface area contributed by atoms with Gasteiger partial charge in [-0.25, -0.2) is 4.39 Å². The zero-order valence-electron chi connectivity index (χ0n) is 15.4. The summed E-state index contributed by atoms with van der Waals surface area (Å²) in [6.45, 7) is 5.79. The first-order chi connectivity index (χ1) is 12.5. The van der Waals surface area contributed by atoms with Gasteiger partial charge in [-0.15, -0.1) is 0 Å². The van der Waals surface area contributed by atoms with E-state index in [9.17, 15) is 14.3 Å². The van der Waals surface area contributed by atoms with Gasteiger partial charge in [0.15, 0.2) is 0 Å². The summed E-state index contributed by atoms with van der Waals surface area (Å²) in [4.78, 5) is 13.6. The quantitative estimate of drug-likeness (QED) is 0.835. The molecule has 0 amide bonds. The number of halogens is 1. The van der Waals surface area contributed by atoms with Gasteiger partial charge >= 0.3 is 5.97 Å². The molecule has 0 aromatic heterocycles. The molecule has 1 N–H and O–H groups in total. The van der Waals surface area contributed by atoms with Crippen molar-refractivity contribution < 1.29 is 14.3 Å². The first kappa shape index (κ1) is 18.6. The normalized spacial score (nSPS) is 17.4. The maximum Gasteiger partial charge on any atom is 0.306 e. The molecular weight excluding hydrogens is 329 g/mol.